The molecule has 0 radical (unpaired) electrons. The van der Waals surface area contributed by atoms with E-state index in [1.165, 1.54) is 0 Å². The zero-order valence-corrected chi connectivity index (χ0v) is 12.3. The highest BCUT2D eigenvalue weighted by atomic mass is 16.5. The van der Waals surface area contributed by atoms with Crippen LogP contribution < -0.4 is 16.0 Å². The van der Waals surface area contributed by atoms with E-state index in [0.29, 0.717) is 6.42 Å². The Morgan fingerprint density at radius 3 is 2.70 bits per heavy atom. The molecule has 1 atom stereocenters. The maximum atomic E-state index is 5.67. The molecule has 2 aromatic rings. The van der Waals surface area contributed by atoms with E-state index in [9.17, 15) is 0 Å². The van der Waals surface area contributed by atoms with E-state index in [1.807, 2.05) is 37.9 Å². The van der Waals surface area contributed by atoms with Crippen molar-refractivity contribution in [1.82, 2.24) is 20.0 Å². The molecular weight excluding hydrogens is 254 g/mol. The van der Waals surface area contributed by atoms with Gasteiger partial charge in [-0.05, 0) is 13.8 Å². The fourth-order valence-electron chi connectivity index (χ4n) is 2.41. The van der Waals surface area contributed by atoms with Crippen LogP contribution in [0, 0.1) is 13.8 Å². The molecule has 0 fully saturated rings. The van der Waals surface area contributed by atoms with Crippen LogP contribution >= 0.6 is 0 Å². The number of aryl methyl sites for hydroxylation is 2. The van der Waals surface area contributed by atoms with Crippen LogP contribution in [0.15, 0.2) is 18.6 Å². The van der Waals surface area contributed by atoms with Gasteiger partial charge in [0.15, 0.2) is 0 Å². The lowest BCUT2D eigenvalue weighted by Crippen LogP contribution is -2.32. The molecule has 6 heteroatoms. The zero-order valence-electron chi connectivity index (χ0n) is 12.3. The van der Waals surface area contributed by atoms with E-state index in [4.69, 9.17) is 10.6 Å². The van der Waals surface area contributed by atoms with Crippen LogP contribution in [0.3, 0.4) is 0 Å². The van der Waals surface area contributed by atoms with Gasteiger partial charge >= 0.3 is 0 Å². The summed E-state index contributed by atoms with van der Waals surface area (Å²) < 4.78 is 7.38. The third-order valence-corrected chi connectivity index (χ3v) is 3.52. The van der Waals surface area contributed by atoms with Crippen LogP contribution in [0.5, 0.6) is 5.75 Å². The molecule has 108 valence electrons. The van der Waals surface area contributed by atoms with Gasteiger partial charge in [0.1, 0.15) is 11.6 Å². The Kier molecular flexibility index (Phi) is 4.36. The number of nitrogens with one attached hydrogen (secondary N) is 1. The summed E-state index contributed by atoms with van der Waals surface area (Å²) in [5, 5.41) is 0. The minimum absolute atomic E-state index is 0.0892. The van der Waals surface area contributed by atoms with Crippen molar-refractivity contribution < 1.29 is 4.74 Å². The Morgan fingerprint density at radius 2 is 2.15 bits per heavy atom. The standard InChI is InChI=1S/C14H21N5O/c1-9-8-17-11(10(2)13(9)20-4)7-12(18-15)14-16-5-6-19(14)3/h5-6,8,12,18H,7,15H2,1-4H3. The first-order valence-electron chi connectivity index (χ1n) is 6.50. The molecular formula is C14H21N5O. The number of hydrazine groups is 1. The lowest BCUT2D eigenvalue weighted by molar-refractivity contribution is 0.405. The number of rotatable bonds is 5. The first-order chi connectivity index (χ1) is 9.58. The van der Waals surface area contributed by atoms with Crippen molar-refractivity contribution in [2.45, 2.75) is 26.3 Å². The Labute approximate surface area is 119 Å². The number of pyridine rings is 1. The molecule has 0 saturated carbocycles. The first-order valence-corrected chi connectivity index (χ1v) is 6.50. The van der Waals surface area contributed by atoms with E-state index in [1.54, 1.807) is 13.3 Å². The topological polar surface area (TPSA) is 78.0 Å². The fraction of sp³-hybridized carbons (Fsp3) is 0.429. The van der Waals surface area contributed by atoms with Gasteiger partial charge in [-0.3, -0.25) is 10.8 Å². The highest BCUT2D eigenvalue weighted by Crippen LogP contribution is 2.26. The molecule has 2 aromatic heterocycles. The van der Waals surface area contributed by atoms with Crippen LogP contribution in [0.25, 0.3) is 0 Å². The minimum Gasteiger partial charge on any atom is -0.496 e. The zero-order chi connectivity index (χ0) is 14.7. The summed E-state index contributed by atoms with van der Waals surface area (Å²) in [5.41, 5.74) is 5.84. The molecule has 2 rings (SSSR count). The van der Waals surface area contributed by atoms with Gasteiger partial charge in [-0.25, -0.2) is 10.4 Å². The van der Waals surface area contributed by atoms with Gasteiger partial charge in [0, 0.05) is 48.9 Å². The number of hydrogen-bond donors (Lipinski definition) is 2. The van der Waals surface area contributed by atoms with Gasteiger partial charge in [0.2, 0.25) is 0 Å². The number of nitrogens with two attached hydrogens (primary N) is 1. The minimum atomic E-state index is -0.0892. The van der Waals surface area contributed by atoms with Crippen molar-refractivity contribution >= 4 is 0 Å². The summed E-state index contributed by atoms with van der Waals surface area (Å²) in [6.07, 6.45) is 6.14. The van der Waals surface area contributed by atoms with E-state index in [0.717, 1.165) is 28.4 Å². The van der Waals surface area contributed by atoms with Crippen LogP contribution in [0.1, 0.15) is 28.7 Å². The summed E-state index contributed by atoms with van der Waals surface area (Å²) in [4.78, 5) is 8.84. The molecule has 0 spiro atoms. The van der Waals surface area contributed by atoms with Crippen molar-refractivity contribution in [1.29, 1.82) is 0 Å². The molecule has 0 amide bonds. The summed E-state index contributed by atoms with van der Waals surface area (Å²) in [6, 6.07) is -0.0892. The van der Waals surface area contributed by atoms with Crippen LogP contribution in [-0.4, -0.2) is 21.6 Å². The van der Waals surface area contributed by atoms with Gasteiger partial charge < -0.3 is 9.30 Å². The maximum Gasteiger partial charge on any atom is 0.128 e. The van der Waals surface area contributed by atoms with Gasteiger partial charge in [0.05, 0.1) is 13.2 Å². The van der Waals surface area contributed by atoms with Crippen molar-refractivity contribution in [2.24, 2.45) is 12.9 Å². The molecule has 0 aliphatic carbocycles. The molecule has 6 nitrogen and oxygen atoms in total. The average molecular weight is 275 g/mol. The van der Waals surface area contributed by atoms with Gasteiger partial charge in [0.25, 0.3) is 0 Å². The molecule has 0 aliphatic heterocycles. The molecule has 3 N–H and O–H groups in total. The van der Waals surface area contributed by atoms with Gasteiger partial charge in [-0.15, -0.1) is 0 Å². The number of nitrogens with zero attached hydrogens (tertiary/aromatic N) is 3. The highest BCUT2D eigenvalue weighted by molar-refractivity contribution is 5.41. The number of methoxy groups -OCH3 is 1. The Hall–Kier alpha value is -1.92. The Balaban J connectivity index is 2.31. The molecule has 0 aliphatic rings. The van der Waals surface area contributed by atoms with E-state index < -0.39 is 0 Å². The molecule has 2 heterocycles. The van der Waals surface area contributed by atoms with Crippen LogP contribution in [0.2, 0.25) is 0 Å². The molecule has 0 aromatic carbocycles. The first kappa shape index (κ1) is 14.5. The van der Waals surface area contributed by atoms with Crippen molar-refractivity contribution in [3.63, 3.8) is 0 Å². The average Bonchev–Trinajstić information content (AvgIpc) is 2.85. The van der Waals surface area contributed by atoms with Gasteiger partial charge in [-0.1, -0.05) is 0 Å². The van der Waals surface area contributed by atoms with E-state index in [-0.39, 0.29) is 6.04 Å². The SMILES string of the molecule is COc1c(C)cnc(CC(NN)c2nccn2C)c1C. The number of ether oxygens (including phenoxy) is 1. The van der Waals surface area contributed by atoms with Crippen molar-refractivity contribution in [3.05, 3.63) is 41.2 Å². The van der Waals surface area contributed by atoms with Crippen LogP contribution in [-0.2, 0) is 13.5 Å². The summed E-state index contributed by atoms with van der Waals surface area (Å²) in [6.45, 7) is 4.00. The predicted octanol–water partition coefficient (Wildman–Crippen LogP) is 1.19. The fourth-order valence-corrected chi connectivity index (χ4v) is 2.41. The highest BCUT2D eigenvalue weighted by Gasteiger charge is 2.18. The second kappa shape index (κ2) is 6.02. The van der Waals surface area contributed by atoms with Crippen molar-refractivity contribution in [2.75, 3.05) is 7.11 Å². The number of imidazole rings is 1. The molecule has 20 heavy (non-hydrogen) atoms. The Morgan fingerprint density at radius 1 is 1.40 bits per heavy atom. The van der Waals surface area contributed by atoms with E-state index in [2.05, 4.69) is 15.4 Å². The Bertz CT molecular complexity index is 593. The van der Waals surface area contributed by atoms with Crippen molar-refractivity contribution in [3.8, 4) is 5.75 Å². The lowest BCUT2D eigenvalue weighted by Gasteiger charge is -2.18. The summed E-state index contributed by atoms with van der Waals surface area (Å²) in [5.74, 6) is 7.43. The van der Waals surface area contributed by atoms with E-state index >= 15 is 0 Å². The normalized spacial score (nSPS) is 12.4. The second-order valence-corrected chi connectivity index (χ2v) is 4.87. The van der Waals surface area contributed by atoms with Crippen LogP contribution in [0.4, 0.5) is 0 Å². The summed E-state index contributed by atoms with van der Waals surface area (Å²) >= 11 is 0. The monoisotopic (exact) mass is 275 g/mol. The predicted molar refractivity (Wildman–Crippen MR) is 77.2 cm³/mol. The van der Waals surface area contributed by atoms with Gasteiger partial charge in [-0.2, -0.15) is 0 Å². The lowest BCUT2D eigenvalue weighted by atomic mass is 10.0. The quantitative estimate of drug-likeness (QED) is 0.633. The third kappa shape index (κ3) is 2.66. The number of aromatic nitrogens is 3. The maximum absolute atomic E-state index is 5.67. The molecule has 0 saturated heterocycles. The summed E-state index contributed by atoms with van der Waals surface area (Å²) in [7, 11) is 3.62. The molecule has 0 bridgehead atoms. The second-order valence-electron chi connectivity index (χ2n) is 4.87. The smallest absolute Gasteiger partial charge is 0.128 e. The third-order valence-electron chi connectivity index (χ3n) is 3.52. The molecule has 1 unspecified atom stereocenters. The number of hydrogen-bond acceptors (Lipinski definition) is 5. The largest absolute Gasteiger partial charge is 0.496 e.